The molecule has 0 N–H and O–H groups in total. The lowest BCUT2D eigenvalue weighted by molar-refractivity contribution is 0.185. The van der Waals surface area contributed by atoms with E-state index >= 15 is 0 Å². The van der Waals surface area contributed by atoms with Gasteiger partial charge in [-0.05, 0) is 17.7 Å². The Morgan fingerprint density at radius 2 is 1.85 bits per heavy atom. The normalized spacial score (nSPS) is 11.5. The molecule has 1 aromatic rings. The maximum absolute atomic E-state index is 10.8. The van der Waals surface area contributed by atoms with Gasteiger partial charge in [0.05, 0.1) is 11.5 Å². The van der Waals surface area contributed by atoms with E-state index < -0.39 is 9.05 Å². The van der Waals surface area contributed by atoms with E-state index in [-0.39, 0.29) is 4.90 Å². The van der Waals surface area contributed by atoms with Gasteiger partial charge in [-0.3, -0.25) is 0 Å². The molecule has 0 spiro atoms. The maximum atomic E-state index is 10.8. The second-order valence-corrected chi connectivity index (χ2v) is 5.08. The van der Waals surface area contributed by atoms with Crippen molar-refractivity contribution in [3.63, 3.8) is 0 Å². The van der Waals surface area contributed by atoms with E-state index in [0.717, 1.165) is 5.56 Å². The molecule has 0 aliphatic heterocycles. The minimum absolute atomic E-state index is 0.106. The quantitative estimate of drug-likeness (QED) is 0.730. The fraction of sp³-hybridized carbons (Fsp3) is 0.250. The van der Waals surface area contributed by atoms with Crippen LogP contribution in [0.5, 0.6) is 0 Å². The number of hydrogen-bond acceptors (Lipinski definition) is 3. The van der Waals surface area contributed by atoms with Crippen LogP contribution in [0.1, 0.15) is 5.56 Å². The number of hydrogen-bond donors (Lipinski definition) is 0. The van der Waals surface area contributed by atoms with Crippen molar-refractivity contribution in [1.82, 2.24) is 0 Å². The fourth-order valence-corrected chi connectivity index (χ4v) is 1.68. The van der Waals surface area contributed by atoms with Crippen molar-refractivity contribution in [2.45, 2.75) is 11.5 Å². The Balaban J connectivity index is 2.94. The van der Waals surface area contributed by atoms with Crippen molar-refractivity contribution in [2.75, 3.05) is 7.11 Å². The Morgan fingerprint density at radius 3 is 2.23 bits per heavy atom. The molecular weight excluding hydrogens is 212 g/mol. The molecule has 0 unspecified atom stereocenters. The predicted octanol–water partition coefficient (Wildman–Crippen LogP) is 1.76. The Hall–Kier alpha value is -0.580. The highest BCUT2D eigenvalue weighted by atomic mass is 35.7. The van der Waals surface area contributed by atoms with Gasteiger partial charge in [0.2, 0.25) is 0 Å². The van der Waals surface area contributed by atoms with Crippen LogP contribution < -0.4 is 0 Å². The van der Waals surface area contributed by atoms with E-state index in [2.05, 4.69) is 0 Å². The SMILES string of the molecule is COCc1ccc(S(=O)(=O)Cl)cc1. The monoisotopic (exact) mass is 220 g/mol. The lowest BCUT2D eigenvalue weighted by atomic mass is 10.2. The summed E-state index contributed by atoms with van der Waals surface area (Å²) >= 11 is 0. The molecule has 0 radical (unpaired) electrons. The van der Waals surface area contributed by atoms with Gasteiger partial charge in [0, 0.05) is 17.8 Å². The molecule has 0 saturated heterocycles. The van der Waals surface area contributed by atoms with E-state index in [0.29, 0.717) is 6.61 Å². The lowest BCUT2D eigenvalue weighted by Gasteiger charge is -1.99. The molecule has 72 valence electrons. The van der Waals surface area contributed by atoms with E-state index in [1.807, 2.05) is 0 Å². The van der Waals surface area contributed by atoms with E-state index in [9.17, 15) is 8.42 Å². The summed E-state index contributed by atoms with van der Waals surface area (Å²) in [6.07, 6.45) is 0. The van der Waals surface area contributed by atoms with Crippen molar-refractivity contribution in [2.24, 2.45) is 0 Å². The third-order valence-corrected chi connectivity index (χ3v) is 2.89. The van der Waals surface area contributed by atoms with Gasteiger partial charge in [0.1, 0.15) is 0 Å². The van der Waals surface area contributed by atoms with Crippen LogP contribution in [-0.4, -0.2) is 15.5 Å². The van der Waals surface area contributed by atoms with E-state index in [1.54, 1.807) is 19.2 Å². The highest BCUT2D eigenvalue weighted by molar-refractivity contribution is 8.13. The number of ether oxygens (including phenoxy) is 1. The summed E-state index contributed by atoms with van der Waals surface area (Å²) in [6.45, 7) is 0.461. The van der Waals surface area contributed by atoms with Gasteiger partial charge in [-0.1, -0.05) is 12.1 Å². The van der Waals surface area contributed by atoms with Gasteiger partial charge >= 0.3 is 0 Å². The van der Waals surface area contributed by atoms with Gasteiger partial charge in [0.15, 0.2) is 0 Å². The van der Waals surface area contributed by atoms with Gasteiger partial charge in [-0.15, -0.1) is 0 Å². The van der Waals surface area contributed by atoms with Gasteiger partial charge in [-0.2, -0.15) is 0 Å². The van der Waals surface area contributed by atoms with Crippen LogP contribution in [-0.2, 0) is 20.4 Å². The molecule has 0 aliphatic rings. The van der Waals surface area contributed by atoms with Crippen LogP contribution in [0.15, 0.2) is 29.2 Å². The third kappa shape index (κ3) is 2.99. The number of halogens is 1. The zero-order valence-electron chi connectivity index (χ0n) is 7.03. The molecule has 0 heterocycles. The van der Waals surface area contributed by atoms with Crippen LogP contribution in [0.3, 0.4) is 0 Å². The summed E-state index contributed by atoms with van der Waals surface area (Å²) in [5, 5.41) is 0. The summed E-state index contributed by atoms with van der Waals surface area (Å²) < 4.78 is 26.5. The molecule has 1 aromatic carbocycles. The van der Waals surface area contributed by atoms with Crippen LogP contribution in [0.25, 0.3) is 0 Å². The molecule has 0 fully saturated rings. The van der Waals surface area contributed by atoms with E-state index in [4.69, 9.17) is 15.4 Å². The molecular formula is C8H9ClO3S. The lowest BCUT2D eigenvalue weighted by Crippen LogP contribution is -1.92. The molecule has 1 rings (SSSR count). The van der Waals surface area contributed by atoms with Gasteiger partial charge in [0.25, 0.3) is 9.05 Å². The van der Waals surface area contributed by atoms with Crippen molar-refractivity contribution in [1.29, 1.82) is 0 Å². The van der Waals surface area contributed by atoms with Crippen molar-refractivity contribution in [3.8, 4) is 0 Å². The van der Waals surface area contributed by atoms with E-state index in [1.165, 1.54) is 12.1 Å². The molecule has 13 heavy (non-hydrogen) atoms. The zero-order valence-corrected chi connectivity index (χ0v) is 8.60. The highest BCUT2D eigenvalue weighted by Crippen LogP contribution is 2.15. The second kappa shape index (κ2) is 4.09. The highest BCUT2D eigenvalue weighted by Gasteiger charge is 2.08. The zero-order chi connectivity index (χ0) is 9.90. The van der Waals surface area contributed by atoms with Crippen molar-refractivity contribution in [3.05, 3.63) is 29.8 Å². The van der Waals surface area contributed by atoms with Gasteiger partial charge in [-0.25, -0.2) is 8.42 Å². The minimum Gasteiger partial charge on any atom is -0.380 e. The smallest absolute Gasteiger partial charge is 0.261 e. The standard InChI is InChI=1S/C8H9ClO3S/c1-12-6-7-2-4-8(5-3-7)13(9,10)11/h2-5H,6H2,1H3. The summed E-state index contributed by atoms with van der Waals surface area (Å²) in [4.78, 5) is 0.106. The first-order valence-corrected chi connectivity index (χ1v) is 5.87. The largest absolute Gasteiger partial charge is 0.380 e. The number of benzene rings is 1. The molecule has 0 aliphatic carbocycles. The Morgan fingerprint density at radius 1 is 1.31 bits per heavy atom. The number of methoxy groups -OCH3 is 1. The average molecular weight is 221 g/mol. The van der Waals surface area contributed by atoms with Crippen LogP contribution >= 0.6 is 10.7 Å². The first-order chi connectivity index (χ1) is 6.04. The summed E-state index contributed by atoms with van der Waals surface area (Å²) in [7, 11) is 3.10. The molecule has 0 amide bonds. The first-order valence-electron chi connectivity index (χ1n) is 3.56. The Kier molecular flexibility index (Phi) is 3.30. The Labute approximate surface area is 81.7 Å². The molecule has 0 bridgehead atoms. The average Bonchev–Trinajstić information content (AvgIpc) is 2.04. The van der Waals surface area contributed by atoms with Crippen LogP contribution in [0.2, 0.25) is 0 Å². The minimum atomic E-state index is -3.60. The Bertz CT molecular complexity index is 369. The molecule has 3 nitrogen and oxygen atoms in total. The van der Waals surface area contributed by atoms with Crippen LogP contribution in [0.4, 0.5) is 0 Å². The van der Waals surface area contributed by atoms with Crippen molar-refractivity contribution >= 4 is 19.7 Å². The molecule has 0 aromatic heterocycles. The fourth-order valence-electron chi connectivity index (χ4n) is 0.915. The summed E-state index contributed by atoms with van der Waals surface area (Å²) in [5.41, 5.74) is 0.909. The predicted molar refractivity (Wildman–Crippen MR) is 50.2 cm³/mol. The topological polar surface area (TPSA) is 43.4 Å². The second-order valence-electron chi connectivity index (χ2n) is 2.51. The third-order valence-electron chi connectivity index (χ3n) is 1.52. The van der Waals surface area contributed by atoms with Crippen molar-refractivity contribution < 1.29 is 13.2 Å². The molecule has 5 heteroatoms. The summed E-state index contributed by atoms with van der Waals surface area (Å²) in [5.74, 6) is 0. The van der Waals surface area contributed by atoms with Gasteiger partial charge < -0.3 is 4.74 Å². The molecule has 0 saturated carbocycles. The van der Waals surface area contributed by atoms with Crippen LogP contribution in [0, 0.1) is 0 Å². The first kappa shape index (κ1) is 10.5. The maximum Gasteiger partial charge on any atom is 0.261 e. The molecule has 0 atom stereocenters. The summed E-state index contributed by atoms with van der Waals surface area (Å²) in [6, 6.07) is 6.24. The number of rotatable bonds is 3.